The van der Waals surface area contributed by atoms with Gasteiger partial charge in [0.2, 0.25) is 0 Å². The molecule has 2 heterocycles. The van der Waals surface area contributed by atoms with Crippen LogP contribution in [-0.2, 0) is 9.47 Å². The first kappa shape index (κ1) is 18.0. The van der Waals surface area contributed by atoms with Gasteiger partial charge in [-0.1, -0.05) is 0 Å². The maximum atomic E-state index is 12.0. The van der Waals surface area contributed by atoms with Gasteiger partial charge in [0.05, 0.1) is 12.3 Å². The normalized spacial score (nSPS) is 10.7. The van der Waals surface area contributed by atoms with Gasteiger partial charge in [-0.25, -0.2) is 9.78 Å². The number of methoxy groups -OCH3 is 1. The quantitative estimate of drug-likeness (QED) is 0.458. The lowest BCUT2D eigenvalue weighted by molar-refractivity contribution is 0.0509. The molecular weight excluding hydrogens is 358 g/mol. The van der Waals surface area contributed by atoms with Gasteiger partial charge in [0.15, 0.2) is 6.79 Å². The number of nitrogens with zero attached hydrogens (tertiary/aromatic N) is 5. The van der Waals surface area contributed by atoms with E-state index < -0.39 is 0 Å². The van der Waals surface area contributed by atoms with Crippen molar-refractivity contribution in [1.29, 1.82) is 0 Å². The van der Waals surface area contributed by atoms with Crippen LogP contribution in [0.1, 0.15) is 22.3 Å². The number of aryl methyl sites for hydroxylation is 1. The third-order valence-corrected chi connectivity index (χ3v) is 4.58. The first-order chi connectivity index (χ1) is 12.6. The van der Waals surface area contributed by atoms with E-state index in [1.807, 2.05) is 12.1 Å². The van der Waals surface area contributed by atoms with Crippen LogP contribution < -0.4 is 4.74 Å². The van der Waals surface area contributed by atoms with Gasteiger partial charge in [0, 0.05) is 12.7 Å². The fourth-order valence-corrected chi connectivity index (χ4v) is 3.21. The lowest BCUT2D eigenvalue weighted by Crippen LogP contribution is -2.04. The number of aromatic nitrogens is 5. The number of carbonyl (C=O) groups excluding carboxylic acids is 1. The minimum Gasteiger partial charge on any atom is -0.465 e. The molecule has 0 atom stereocenters. The molecule has 136 valence electrons. The molecule has 0 fully saturated rings. The van der Waals surface area contributed by atoms with Crippen molar-refractivity contribution in [3.05, 3.63) is 35.1 Å². The summed E-state index contributed by atoms with van der Waals surface area (Å²) in [6, 6.07) is 5.48. The second kappa shape index (κ2) is 8.02. The summed E-state index contributed by atoms with van der Waals surface area (Å²) < 4.78 is 17.1. The predicted molar refractivity (Wildman–Crippen MR) is 93.5 cm³/mol. The summed E-state index contributed by atoms with van der Waals surface area (Å²) in [7, 11) is 1.54. The zero-order valence-electron chi connectivity index (χ0n) is 14.5. The molecule has 0 spiro atoms. The number of esters is 1. The molecule has 3 rings (SSSR count). The highest BCUT2D eigenvalue weighted by Gasteiger charge is 2.18. The second-order valence-corrected chi connectivity index (χ2v) is 6.14. The van der Waals surface area contributed by atoms with Crippen LogP contribution >= 0.6 is 11.3 Å². The van der Waals surface area contributed by atoms with Gasteiger partial charge in [-0.2, -0.15) is 4.68 Å². The summed E-state index contributed by atoms with van der Waals surface area (Å²) in [5.74, 6) is 0.191. The molecule has 26 heavy (non-hydrogen) atoms. The van der Waals surface area contributed by atoms with E-state index in [9.17, 15) is 4.79 Å². The average molecular weight is 375 g/mol. The first-order valence-electron chi connectivity index (χ1n) is 7.78. The lowest BCUT2D eigenvalue weighted by atomic mass is 10.2. The van der Waals surface area contributed by atoms with Gasteiger partial charge in [0.25, 0.3) is 0 Å². The van der Waals surface area contributed by atoms with Gasteiger partial charge < -0.3 is 14.2 Å². The van der Waals surface area contributed by atoms with Crippen LogP contribution in [0, 0.1) is 6.92 Å². The predicted octanol–water partition coefficient (Wildman–Crippen LogP) is 2.25. The summed E-state index contributed by atoms with van der Waals surface area (Å²) >= 11 is 1.28. The standard InChI is InChI=1S/C16H17N5O4S/c1-4-24-16(22)14-10(2)18-15(26-14)11-5-6-13(25-9-23-3)12(7-11)21-8-17-19-20-21/h5-8H,4,9H2,1-3H3. The number of rotatable bonds is 7. The highest BCUT2D eigenvalue weighted by molar-refractivity contribution is 7.17. The van der Waals surface area contributed by atoms with E-state index >= 15 is 0 Å². The van der Waals surface area contributed by atoms with Crippen molar-refractivity contribution in [2.45, 2.75) is 13.8 Å². The van der Waals surface area contributed by atoms with Crippen LogP contribution in [0.25, 0.3) is 16.3 Å². The molecule has 0 amide bonds. The number of hydrogen-bond donors (Lipinski definition) is 0. The van der Waals surface area contributed by atoms with Crippen molar-refractivity contribution >= 4 is 17.3 Å². The Hall–Kier alpha value is -2.85. The molecule has 0 aliphatic rings. The van der Waals surface area contributed by atoms with E-state index in [1.165, 1.54) is 22.3 Å². The molecule has 0 saturated carbocycles. The lowest BCUT2D eigenvalue weighted by Gasteiger charge is -2.11. The molecule has 0 N–H and O–H groups in total. The third-order valence-electron chi connectivity index (χ3n) is 3.39. The molecule has 0 bridgehead atoms. The van der Waals surface area contributed by atoms with Crippen molar-refractivity contribution in [2.24, 2.45) is 0 Å². The van der Waals surface area contributed by atoms with E-state index in [1.54, 1.807) is 27.0 Å². The third kappa shape index (κ3) is 3.70. The number of ether oxygens (including phenoxy) is 3. The van der Waals surface area contributed by atoms with Crippen LogP contribution in [0.15, 0.2) is 24.5 Å². The molecule has 3 aromatic rings. The summed E-state index contributed by atoms with van der Waals surface area (Å²) in [6.45, 7) is 3.97. The van der Waals surface area contributed by atoms with Crippen LogP contribution in [0.4, 0.5) is 0 Å². The summed E-state index contributed by atoms with van der Waals surface area (Å²) in [6.07, 6.45) is 1.47. The van der Waals surface area contributed by atoms with E-state index in [4.69, 9.17) is 14.2 Å². The molecule has 9 nitrogen and oxygen atoms in total. The molecule has 10 heteroatoms. The van der Waals surface area contributed by atoms with E-state index in [-0.39, 0.29) is 12.8 Å². The van der Waals surface area contributed by atoms with Crippen LogP contribution in [0.2, 0.25) is 0 Å². The van der Waals surface area contributed by atoms with Crippen molar-refractivity contribution < 1.29 is 19.0 Å². The largest absolute Gasteiger partial charge is 0.465 e. The molecule has 0 radical (unpaired) electrons. The Morgan fingerprint density at radius 3 is 2.88 bits per heavy atom. The van der Waals surface area contributed by atoms with Crippen LogP contribution in [0.3, 0.4) is 0 Å². The fraction of sp³-hybridized carbons (Fsp3) is 0.312. The van der Waals surface area contributed by atoms with Crippen molar-refractivity contribution in [3.63, 3.8) is 0 Å². The molecule has 0 aliphatic heterocycles. The Morgan fingerprint density at radius 2 is 2.19 bits per heavy atom. The molecule has 0 aliphatic carbocycles. The van der Waals surface area contributed by atoms with Crippen molar-refractivity contribution in [3.8, 4) is 22.0 Å². The fourth-order valence-electron chi connectivity index (χ4n) is 2.25. The van der Waals surface area contributed by atoms with Gasteiger partial charge in [-0.15, -0.1) is 16.4 Å². The number of thiazole rings is 1. The second-order valence-electron chi connectivity index (χ2n) is 5.14. The average Bonchev–Trinajstić information content (AvgIpc) is 3.30. The zero-order chi connectivity index (χ0) is 18.5. The summed E-state index contributed by atoms with van der Waals surface area (Å²) in [4.78, 5) is 17.0. The SMILES string of the molecule is CCOC(=O)c1sc(-c2ccc(OCOC)c(-n3cnnn3)c2)nc1C. The number of carbonyl (C=O) groups is 1. The maximum absolute atomic E-state index is 12.0. The Labute approximate surface area is 153 Å². The van der Waals surface area contributed by atoms with E-state index in [2.05, 4.69) is 20.5 Å². The number of benzene rings is 1. The van der Waals surface area contributed by atoms with E-state index in [0.29, 0.717) is 33.6 Å². The minimum atomic E-state index is -0.366. The number of hydrogen-bond acceptors (Lipinski definition) is 9. The van der Waals surface area contributed by atoms with Gasteiger partial charge >= 0.3 is 5.97 Å². The van der Waals surface area contributed by atoms with Gasteiger partial charge in [-0.05, 0) is 42.5 Å². The Morgan fingerprint density at radius 1 is 1.35 bits per heavy atom. The zero-order valence-corrected chi connectivity index (χ0v) is 15.3. The molecule has 2 aromatic heterocycles. The first-order valence-corrected chi connectivity index (χ1v) is 8.59. The molecule has 1 aromatic carbocycles. The monoisotopic (exact) mass is 375 g/mol. The maximum Gasteiger partial charge on any atom is 0.350 e. The minimum absolute atomic E-state index is 0.0951. The van der Waals surface area contributed by atoms with Crippen LogP contribution in [0.5, 0.6) is 5.75 Å². The Bertz CT molecular complexity index is 894. The topological polar surface area (TPSA) is 101 Å². The van der Waals surface area contributed by atoms with Crippen molar-refractivity contribution in [1.82, 2.24) is 25.2 Å². The number of tetrazole rings is 1. The van der Waals surface area contributed by atoms with Crippen LogP contribution in [-0.4, -0.2) is 51.7 Å². The highest BCUT2D eigenvalue weighted by Crippen LogP contribution is 2.33. The van der Waals surface area contributed by atoms with Gasteiger partial charge in [0.1, 0.15) is 27.6 Å². The van der Waals surface area contributed by atoms with E-state index in [0.717, 1.165) is 5.56 Å². The van der Waals surface area contributed by atoms with Crippen molar-refractivity contribution in [2.75, 3.05) is 20.5 Å². The smallest absolute Gasteiger partial charge is 0.350 e. The molecular formula is C16H17N5O4S. The Balaban J connectivity index is 2.00. The molecule has 0 saturated heterocycles. The Kier molecular flexibility index (Phi) is 5.54. The van der Waals surface area contributed by atoms with Gasteiger partial charge in [-0.3, -0.25) is 0 Å². The summed E-state index contributed by atoms with van der Waals surface area (Å²) in [5.41, 5.74) is 2.08. The summed E-state index contributed by atoms with van der Waals surface area (Å²) in [5, 5.41) is 11.9. The highest BCUT2D eigenvalue weighted by atomic mass is 32.1. The molecule has 0 unspecified atom stereocenters.